The van der Waals surface area contributed by atoms with Crippen LogP contribution in [-0.4, -0.2) is 17.8 Å². The third kappa shape index (κ3) is 2.59. The van der Waals surface area contributed by atoms with E-state index in [0.29, 0.717) is 28.8 Å². The Morgan fingerprint density at radius 1 is 0.903 bits per heavy atom. The molecule has 0 radical (unpaired) electrons. The number of esters is 1. The number of hydrogen-bond acceptors (Lipinski definition) is 4. The first-order chi connectivity index (χ1) is 15.0. The van der Waals surface area contributed by atoms with Gasteiger partial charge in [-0.25, -0.2) is 4.79 Å². The zero-order valence-electron chi connectivity index (χ0n) is 17.4. The van der Waals surface area contributed by atoms with Gasteiger partial charge in [0.05, 0.1) is 23.1 Å². The first-order valence-electron chi connectivity index (χ1n) is 10.9. The lowest BCUT2D eigenvalue weighted by Gasteiger charge is -2.37. The van der Waals surface area contributed by atoms with Crippen molar-refractivity contribution in [3.63, 3.8) is 0 Å². The van der Waals surface area contributed by atoms with Gasteiger partial charge in [-0.1, -0.05) is 24.3 Å². The smallest absolute Gasteiger partial charge is 0.343 e. The number of nitrogens with zero attached hydrogens (tertiary/aromatic N) is 1. The number of amides is 2. The van der Waals surface area contributed by atoms with Crippen LogP contribution in [0.1, 0.15) is 27.9 Å². The Bertz CT molecular complexity index is 1130. The van der Waals surface area contributed by atoms with Crippen LogP contribution in [-0.2, 0) is 9.59 Å². The number of allylic oxidation sites excluding steroid dienone is 2. The summed E-state index contributed by atoms with van der Waals surface area (Å²) < 4.78 is 5.56. The normalized spacial score (nSPS) is 32.1. The molecule has 5 heteroatoms. The molecule has 1 saturated heterocycles. The molecule has 2 bridgehead atoms. The van der Waals surface area contributed by atoms with Gasteiger partial charge in [-0.3, -0.25) is 14.5 Å². The molecule has 31 heavy (non-hydrogen) atoms. The molecule has 156 valence electrons. The molecule has 4 aliphatic carbocycles. The standard InChI is InChI=1S/C26H23NO4/c1-13-4-3-5-21(14(13)2)31-26(30)15-6-8-16(9-7-15)27-24(28)22-17-10-11-18(20-12-19(17)20)23(22)25(27)29/h3-11,17-20,22-23H,12H2,1-2H3/t17-,18-,19-,20+,22-,23+/m0/s1. The zero-order chi connectivity index (χ0) is 21.4. The highest BCUT2D eigenvalue weighted by Gasteiger charge is 2.67. The summed E-state index contributed by atoms with van der Waals surface area (Å²) in [5, 5.41) is 0. The summed E-state index contributed by atoms with van der Waals surface area (Å²) in [5.41, 5.74) is 2.88. The lowest BCUT2D eigenvalue weighted by atomic mass is 9.63. The highest BCUT2D eigenvalue weighted by Crippen LogP contribution is 2.65. The molecule has 0 spiro atoms. The third-order valence-electron chi connectivity index (χ3n) is 7.78. The van der Waals surface area contributed by atoms with E-state index in [-0.39, 0.29) is 35.5 Å². The van der Waals surface area contributed by atoms with Gasteiger partial charge in [-0.2, -0.15) is 0 Å². The Balaban J connectivity index is 1.24. The van der Waals surface area contributed by atoms with E-state index in [1.807, 2.05) is 26.0 Å². The fourth-order valence-electron chi connectivity index (χ4n) is 5.95. The Labute approximate surface area is 180 Å². The van der Waals surface area contributed by atoms with Crippen LogP contribution in [0.25, 0.3) is 0 Å². The van der Waals surface area contributed by atoms with Gasteiger partial charge < -0.3 is 4.74 Å². The van der Waals surface area contributed by atoms with Crippen LogP contribution in [0, 0.1) is 49.4 Å². The van der Waals surface area contributed by atoms with Crippen molar-refractivity contribution in [1.29, 1.82) is 0 Å². The maximum absolute atomic E-state index is 13.2. The van der Waals surface area contributed by atoms with Crippen LogP contribution in [0.3, 0.4) is 0 Å². The third-order valence-corrected chi connectivity index (χ3v) is 7.78. The van der Waals surface area contributed by atoms with Crippen molar-refractivity contribution in [3.8, 4) is 5.75 Å². The second-order valence-electron chi connectivity index (χ2n) is 9.30. The number of aryl methyl sites for hydroxylation is 1. The van der Waals surface area contributed by atoms with Crippen LogP contribution < -0.4 is 9.64 Å². The largest absolute Gasteiger partial charge is 0.423 e. The molecule has 2 aromatic rings. The molecule has 2 aromatic carbocycles. The fraction of sp³-hybridized carbons (Fsp3) is 0.346. The summed E-state index contributed by atoms with van der Waals surface area (Å²) in [6.45, 7) is 3.88. The second kappa shape index (κ2) is 6.39. The molecule has 6 atom stereocenters. The molecular formula is C26H23NO4. The number of carbonyl (C=O) groups excluding carboxylic acids is 3. The molecule has 3 fully saturated rings. The second-order valence-corrected chi connectivity index (χ2v) is 9.30. The van der Waals surface area contributed by atoms with Gasteiger partial charge in [-0.15, -0.1) is 0 Å². The Morgan fingerprint density at radius 3 is 2.13 bits per heavy atom. The number of hydrogen-bond donors (Lipinski definition) is 0. The van der Waals surface area contributed by atoms with Crippen molar-refractivity contribution < 1.29 is 19.1 Å². The highest BCUT2D eigenvalue weighted by atomic mass is 16.5. The molecule has 2 saturated carbocycles. The summed E-state index contributed by atoms with van der Waals surface area (Å²) in [7, 11) is 0. The summed E-state index contributed by atoms with van der Waals surface area (Å²) in [5.74, 6) is 1.00. The number of carbonyl (C=O) groups is 3. The van der Waals surface area contributed by atoms with Gasteiger partial charge in [0.2, 0.25) is 11.8 Å². The van der Waals surface area contributed by atoms with Crippen LogP contribution in [0.4, 0.5) is 5.69 Å². The first kappa shape index (κ1) is 18.6. The predicted octanol–water partition coefficient (Wildman–Crippen LogP) is 4.08. The lowest BCUT2D eigenvalue weighted by Crippen LogP contribution is -2.40. The molecular weight excluding hydrogens is 390 g/mol. The Hall–Kier alpha value is -3.21. The maximum atomic E-state index is 13.2. The number of anilines is 1. The number of rotatable bonds is 3. The summed E-state index contributed by atoms with van der Waals surface area (Å²) >= 11 is 0. The minimum Gasteiger partial charge on any atom is -0.423 e. The topological polar surface area (TPSA) is 63.7 Å². The Morgan fingerprint density at radius 2 is 1.52 bits per heavy atom. The predicted molar refractivity (Wildman–Crippen MR) is 115 cm³/mol. The van der Waals surface area contributed by atoms with Gasteiger partial charge in [0, 0.05) is 0 Å². The molecule has 0 N–H and O–H groups in total. The maximum Gasteiger partial charge on any atom is 0.343 e. The molecule has 7 rings (SSSR count). The van der Waals surface area contributed by atoms with Crippen LogP contribution in [0.2, 0.25) is 0 Å². The quantitative estimate of drug-likeness (QED) is 0.329. The van der Waals surface area contributed by atoms with Crippen molar-refractivity contribution in [2.24, 2.45) is 35.5 Å². The van der Waals surface area contributed by atoms with E-state index in [0.717, 1.165) is 17.5 Å². The summed E-state index contributed by atoms with van der Waals surface area (Å²) in [4.78, 5) is 40.4. The summed E-state index contributed by atoms with van der Waals surface area (Å²) in [6.07, 6.45) is 5.48. The van der Waals surface area contributed by atoms with E-state index in [4.69, 9.17) is 4.74 Å². The Kier molecular flexibility index (Phi) is 3.83. The number of ether oxygens (including phenoxy) is 1. The van der Waals surface area contributed by atoms with E-state index in [2.05, 4.69) is 12.2 Å². The molecule has 1 aliphatic heterocycles. The van der Waals surface area contributed by atoms with E-state index in [1.165, 1.54) is 4.90 Å². The molecule has 5 aliphatic rings. The summed E-state index contributed by atoms with van der Waals surface area (Å²) in [6, 6.07) is 12.2. The van der Waals surface area contributed by atoms with E-state index in [1.54, 1.807) is 30.3 Å². The lowest BCUT2D eigenvalue weighted by molar-refractivity contribution is -0.124. The van der Waals surface area contributed by atoms with Crippen molar-refractivity contribution >= 4 is 23.5 Å². The molecule has 1 heterocycles. The van der Waals surface area contributed by atoms with Gasteiger partial charge >= 0.3 is 5.97 Å². The first-order valence-corrected chi connectivity index (χ1v) is 10.9. The number of imide groups is 1. The molecule has 2 amide bonds. The monoisotopic (exact) mass is 413 g/mol. The van der Waals surface area contributed by atoms with Crippen LogP contribution in [0.15, 0.2) is 54.6 Å². The molecule has 0 aromatic heterocycles. The van der Waals surface area contributed by atoms with E-state index < -0.39 is 5.97 Å². The minimum absolute atomic E-state index is 0.0922. The zero-order valence-corrected chi connectivity index (χ0v) is 17.4. The minimum atomic E-state index is -0.463. The van der Waals surface area contributed by atoms with Crippen LogP contribution >= 0.6 is 0 Å². The van der Waals surface area contributed by atoms with E-state index in [9.17, 15) is 14.4 Å². The van der Waals surface area contributed by atoms with Gasteiger partial charge in [0.15, 0.2) is 0 Å². The van der Waals surface area contributed by atoms with Gasteiger partial charge in [0.1, 0.15) is 5.75 Å². The van der Waals surface area contributed by atoms with Crippen molar-refractivity contribution in [2.75, 3.05) is 4.90 Å². The molecule has 5 nitrogen and oxygen atoms in total. The number of benzene rings is 2. The highest BCUT2D eigenvalue weighted by molar-refractivity contribution is 6.22. The fourth-order valence-corrected chi connectivity index (χ4v) is 5.95. The van der Waals surface area contributed by atoms with Gasteiger partial charge in [-0.05, 0) is 85.4 Å². The van der Waals surface area contributed by atoms with Crippen LogP contribution in [0.5, 0.6) is 5.75 Å². The average molecular weight is 413 g/mol. The van der Waals surface area contributed by atoms with Crippen molar-refractivity contribution in [3.05, 3.63) is 71.3 Å². The molecule has 0 unspecified atom stereocenters. The van der Waals surface area contributed by atoms with Crippen molar-refractivity contribution in [2.45, 2.75) is 20.3 Å². The van der Waals surface area contributed by atoms with E-state index >= 15 is 0 Å². The SMILES string of the molecule is Cc1cccc(OC(=O)c2ccc(N3C(=O)[C@@H]4[C@H]5C=C[C@@H]([C@@H]6C[C@H]56)[C@@H]4C3=O)cc2)c1C. The van der Waals surface area contributed by atoms with Crippen molar-refractivity contribution in [1.82, 2.24) is 0 Å². The van der Waals surface area contributed by atoms with Gasteiger partial charge in [0.25, 0.3) is 0 Å². The average Bonchev–Trinajstić information content (AvgIpc) is 3.55.